The molecule has 0 aromatic heterocycles. The Morgan fingerprint density at radius 3 is 2.55 bits per heavy atom. The fourth-order valence-corrected chi connectivity index (χ4v) is 4.12. The Morgan fingerprint density at radius 2 is 2.00 bits per heavy atom. The zero-order valence-corrected chi connectivity index (χ0v) is 14.1. The highest BCUT2D eigenvalue weighted by molar-refractivity contribution is 7.85. The number of nitrogens with one attached hydrogen (secondary N) is 1. The normalized spacial score (nSPS) is 30.6. The summed E-state index contributed by atoms with van der Waals surface area (Å²) in [4.78, 5) is 2.49. The first kappa shape index (κ1) is 16.4. The van der Waals surface area contributed by atoms with Crippen molar-refractivity contribution in [1.29, 1.82) is 0 Å². The van der Waals surface area contributed by atoms with E-state index in [1.165, 1.54) is 6.42 Å². The fraction of sp³-hybridized carbons (Fsp3) is 1.00. The maximum absolute atomic E-state index is 11.5. The SMILES string of the molecule is CC(C)(C)NCC1(CN2CCS(=O)CC2)CCCOC1. The molecule has 2 fully saturated rings. The standard InChI is InChI=1S/C15H30N2O2S/c1-14(2,3)16-11-15(5-4-8-19-13-15)12-17-6-9-20(18)10-7-17/h16H,4-13H2,1-3H3. The van der Waals surface area contributed by atoms with Gasteiger partial charge in [-0.25, -0.2) is 0 Å². The molecule has 0 radical (unpaired) electrons. The Balaban J connectivity index is 1.93. The van der Waals surface area contributed by atoms with Gasteiger partial charge in [0.25, 0.3) is 0 Å². The molecule has 2 saturated heterocycles. The zero-order chi connectivity index (χ0) is 14.6. The predicted octanol–water partition coefficient (Wildman–Crippen LogP) is 1.24. The highest BCUT2D eigenvalue weighted by Gasteiger charge is 2.36. The monoisotopic (exact) mass is 302 g/mol. The Labute approximate surface area is 126 Å². The zero-order valence-electron chi connectivity index (χ0n) is 13.2. The summed E-state index contributed by atoms with van der Waals surface area (Å²) in [6.45, 7) is 12.4. The summed E-state index contributed by atoms with van der Waals surface area (Å²) in [6.07, 6.45) is 2.39. The van der Waals surface area contributed by atoms with Crippen LogP contribution in [0.3, 0.4) is 0 Å². The molecule has 2 aliphatic heterocycles. The second-order valence-electron chi connectivity index (χ2n) is 7.38. The van der Waals surface area contributed by atoms with Gasteiger partial charge in [-0.3, -0.25) is 4.21 Å². The number of hydrogen-bond donors (Lipinski definition) is 1. The molecule has 118 valence electrons. The largest absolute Gasteiger partial charge is 0.381 e. The van der Waals surface area contributed by atoms with E-state index in [0.717, 1.165) is 57.3 Å². The molecule has 0 aromatic carbocycles. The molecule has 0 spiro atoms. The average molecular weight is 302 g/mol. The van der Waals surface area contributed by atoms with Gasteiger partial charge in [-0.1, -0.05) is 0 Å². The van der Waals surface area contributed by atoms with Crippen molar-refractivity contribution >= 4 is 10.8 Å². The van der Waals surface area contributed by atoms with Crippen LogP contribution in [0.25, 0.3) is 0 Å². The first-order chi connectivity index (χ1) is 9.39. The van der Waals surface area contributed by atoms with Crippen molar-refractivity contribution < 1.29 is 8.95 Å². The summed E-state index contributed by atoms with van der Waals surface area (Å²) in [7, 11) is -0.587. The summed E-state index contributed by atoms with van der Waals surface area (Å²) < 4.78 is 17.3. The van der Waals surface area contributed by atoms with E-state index in [-0.39, 0.29) is 11.0 Å². The molecule has 0 bridgehead atoms. The lowest BCUT2D eigenvalue weighted by atomic mass is 9.81. The molecule has 20 heavy (non-hydrogen) atoms. The van der Waals surface area contributed by atoms with Crippen molar-refractivity contribution in [3.05, 3.63) is 0 Å². The fourth-order valence-electron chi connectivity index (χ4n) is 2.99. The van der Waals surface area contributed by atoms with Gasteiger partial charge in [0.1, 0.15) is 0 Å². The smallest absolute Gasteiger partial charge is 0.0546 e. The van der Waals surface area contributed by atoms with E-state index >= 15 is 0 Å². The predicted molar refractivity (Wildman–Crippen MR) is 84.6 cm³/mol. The molecule has 2 aliphatic rings. The van der Waals surface area contributed by atoms with Crippen LogP contribution in [0, 0.1) is 5.41 Å². The van der Waals surface area contributed by atoms with E-state index in [0.29, 0.717) is 0 Å². The molecule has 5 heteroatoms. The number of ether oxygens (including phenoxy) is 1. The Morgan fingerprint density at radius 1 is 1.30 bits per heavy atom. The van der Waals surface area contributed by atoms with E-state index in [9.17, 15) is 4.21 Å². The summed E-state index contributed by atoms with van der Waals surface area (Å²) in [5, 5.41) is 3.66. The average Bonchev–Trinajstić information content (AvgIpc) is 2.40. The maximum Gasteiger partial charge on any atom is 0.0546 e. The van der Waals surface area contributed by atoms with E-state index in [1.54, 1.807) is 0 Å². The van der Waals surface area contributed by atoms with Gasteiger partial charge < -0.3 is 15.0 Å². The lowest BCUT2D eigenvalue weighted by Gasteiger charge is -2.43. The second kappa shape index (κ2) is 6.86. The lowest BCUT2D eigenvalue weighted by molar-refractivity contribution is -0.0275. The molecule has 1 N–H and O–H groups in total. The van der Waals surface area contributed by atoms with E-state index < -0.39 is 10.8 Å². The molecular formula is C15H30N2O2S. The van der Waals surface area contributed by atoms with Crippen molar-refractivity contribution in [3.8, 4) is 0 Å². The minimum Gasteiger partial charge on any atom is -0.381 e. The van der Waals surface area contributed by atoms with Crippen molar-refractivity contribution in [2.75, 3.05) is 50.9 Å². The van der Waals surface area contributed by atoms with Gasteiger partial charge in [-0.15, -0.1) is 0 Å². The van der Waals surface area contributed by atoms with Crippen LogP contribution in [0.1, 0.15) is 33.6 Å². The topological polar surface area (TPSA) is 41.6 Å². The third-order valence-electron chi connectivity index (χ3n) is 4.23. The van der Waals surface area contributed by atoms with Gasteiger partial charge in [-0.05, 0) is 33.6 Å². The van der Waals surface area contributed by atoms with Crippen LogP contribution in [0.5, 0.6) is 0 Å². The molecule has 1 unspecified atom stereocenters. The second-order valence-corrected chi connectivity index (χ2v) is 9.08. The van der Waals surface area contributed by atoms with Gasteiger partial charge >= 0.3 is 0 Å². The van der Waals surface area contributed by atoms with Gasteiger partial charge in [0.05, 0.1) is 6.61 Å². The molecule has 0 aromatic rings. The highest BCUT2D eigenvalue weighted by Crippen LogP contribution is 2.30. The molecule has 2 heterocycles. The third-order valence-corrected chi connectivity index (χ3v) is 5.50. The summed E-state index contributed by atoms with van der Waals surface area (Å²) in [5.41, 5.74) is 0.373. The number of rotatable bonds is 4. The number of hydrogen-bond acceptors (Lipinski definition) is 4. The van der Waals surface area contributed by atoms with E-state index in [2.05, 4.69) is 31.0 Å². The molecule has 0 amide bonds. The van der Waals surface area contributed by atoms with Crippen LogP contribution < -0.4 is 5.32 Å². The van der Waals surface area contributed by atoms with Crippen molar-refractivity contribution in [1.82, 2.24) is 10.2 Å². The van der Waals surface area contributed by atoms with Crippen molar-refractivity contribution in [3.63, 3.8) is 0 Å². The van der Waals surface area contributed by atoms with E-state index in [4.69, 9.17) is 4.74 Å². The molecule has 2 rings (SSSR count). The van der Waals surface area contributed by atoms with Crippen LogP contribution in [0.15, 0.2) is 0 Å². The van der Waals surface area contributed by atoms with Crippen LogP contribution in [-0.2, 0) is 15.5 Å². The van der Waals surface area contributed by atoms with Gasteiger partial charge in [0, 0.05) is 66.0 Å². The maximum atomic E-state index is 11.5. The number of nitrogens with zero attached hydrogens (tertiary/aromatic N) is 1. The molecule has 4 nitrogen and oxygen atoms in total. The molecule has 1 atom stereocenters. The van der Waals surface area contributed by atoms with E-state index in [1.807, 2.05) is 0 Å². The minimum absolute atomic E-state index is 0.147. The minimum atomic E-state index is -0.587. The Hall–Kier alpha value is 0.0300. The molecule has 0 aliphatic carbocycles. The summed E-state index contributed by atoms with van der Waals surface area (Å²) >= 11 is 0. The van der Waals surface area contributed by atoms with Crippen LogP contribution >= 0.6 is 0 Å². The van der Waals surface area contributed by atoms with Gasteiger partial charge in [0.2, 0.25) is 0 Å². The third kappa shape index (κ3) is 5.10. The molecular weight excluding hydrogens is 272 g/mol. The van der Waals surface area contributed by atoms with Crippen LogP contribution in [-0.4, -0.2) is 65.5 Å². The summed E-state index contributed by atoms with van der Waals surface area (Å²) in [5.74, 6) is 1.67. The lowest BCUT2D eigenvalue weighted by Crippen LogP contribution is -2.54. The molecule has 0 saturated carbocycles. The summed E-state index contributed by atoms with van der Waals surface area (Å²) in [6, 6.07) is 0. The first-order valence-corrected chi connectivity index (χ1v) is 9.28. The van der Waals surface area contributed by atoms with Gasteiger partial charge in [0.15, 0.2) is 0 Å². The van der Waals surface area contributed by atoms with Gasteiger partial charge in [-0.2, -0.15) is 0 Å². The Bertz CT molecular complexity index is 325. The van der Waals surface area contributed by atoms with Crippen molar-refractivity contribution in [2.45, 2.75) is 39.2 Å². The Kier molecular flexibility index (Phi) is 5.63. The highest BCUT2D eigenvalue weighted by atomic mass is 32.2. The first-order valence-electron chi connectivity index (χ1n) is 7.79. The van der Waals surface area contributed by atoms with Crippen molar-refractivity contribution in [2.24, 2.45) is 5.41 Å². The quantitative estimate of drug-likeness (QED) is 0.848. The van der Waals surface area contributed by atoms with Crippen LogP contribution in [0.4, 0.5) is 0 Å². The van der Waals surface area contributed by atoms with Crippen LogP contribution in [0.2, 0.25) is 0 Å².